The summed E-state index contributed by atoms with van der Waals surface area (Å²) in [6, 6.07) is 8.66. The number of quaternary nitrogens is 2. The minimum Gasteiger partial charge on any atom is -0.378 e. The van der Waals surface area contributed by atoms with E-state index in [1.807, 2.05) is 28.2 Å². The SMILES string of the molecule is CN(C)c1ccc([C@H](CNC(=O)C(=O)NCC[NH+](C)C)[NH+]2CCCC2)cc1. The molecule has 1 heterocycles. The molecule has 0 spiro atoms. The van der Waals surface area contributed by atoms with Crippen LogP contribution < -0.4 is 25.3 Å². The van der Waals surface area contributed by atoms with Crippen molar-refractivity contribution < 1.29 is 19.4 Å². The van der Waals surface area contributed by atoms with E-state index in [0.29, 0.717) is 13.1 Å². The van der Waals surface area contributed by atoms with Gasteiger partial charge in [0.05, 0.1) is 46.8 Å². The van der Waals surface area contributed by atoms with Crippen molar-refractivity contribution in [3.05, 3.63) is 29.8 Å². The van der Waals surface area contributed by atoms with Crippen LogP contribution in [0.3, 0.4) is 0 Å². The molecule has 0 radical (unpaired) electrons. The number of nitrogens with one attached hydrogen (secondary N) is 4. The monoisotopic (exact) mass is 377 g/mol. The summed E-state index contributed by atoms with van der Waals surface area (Å²) in [4.78, 5) is 28.9. The van der Waals surface area contributed by atoms with Crippen LogP contribution in [0.15, 0.2) is 24.3 Å². The van der Waals surface area contributed by atoms with Crippen LogP contribution in [0, 0.1) is 0 Å². The van der Waals surface area contributed by atoms with Gasteiger partial charge < -0.3 is 25.3 Å². The molecule has 2 rings (SSSR count). The van der Waals surface area contributed by atoms with E-state index in [2.05, 4.69) is 39.8 Å². The fourth-order valence-electron chi connectivity index (χ4n) is 3.46. The third-order valence-electron chi connectivity index (χ3n) is 5.13. The largest absolute Gasteiger partial charge is 0.378 e. The van der Waals surface area contributed by atoms with Gasteiger partial charge in [0.15, 0.2) is 0 Å². The lowest BCUT2D eigenvalue weighted by Crippen LogP contribution is -3.11. The molecule has 1 fully saturated rings. The highest BCUT2D eigenvalue weighted by Gasteiger charge is 2.28. The molecule has 1 atom stereocenters. The number of likely N-dealkylation sites (N-methyl/N-ethyl adjacent to an activating group) is 1. The predicted molar refractivity (Wildman–Crippen MR) is 107 cm³/mol. The van der Waals surface area contributed by atoms with Gasteiger partial charge in [0.1, 0.15) is 6.04 Å². The first-order valence-corrected chi connectivity index (χ1v) is 9.85. The highest BCUT2D eigenvalue weighted by atomic mass is 16.2. The molecule has 150 valence electrons. The van der Waals surface area contributed by atoms with Crippen LogP contribution in [0.4, 0.5) is 5.69 Å². The van der Waals surface area contributed by atoms with Crippen molar-refractivity contribution in [3.8, 4) is 0 Å². The number of hydrogen-bond acceptors (Lipinski definition) is 3. The molecule has 1 aliphatic heterocycles. The van der Waals surface area contributed by atoms with Crippen molar-refractivity contribution in [3.63, 3.8) is 0 Å². The van der Waals surface area contributed by atoms with Gasteiger partial charge in [-0.3, -0.25) is 9.59 Å². The normalized spacial score (nSPS) is 15.6. The van der Waals surface area contributed by atoms with Gasteiger partial charge in [-0.1, -0.05) is 12.1 Å². The van der Waals surface area contributed by atoms with Crippen LogP contribution in [0.25, 0.3) is 0 Å². The molecule has 2 amide bonds. The van der Waals surface area contributed by atoms with Crippen molar-refractivity contribution in [2.75, 3.05) is 65.8 Å². The Hall–Kier alpha value is -2.12. The topological polar surface area (TPSA) is 70.3 Å². The van der Waals surface area contributed by atoms with Gasteiger partial charge >= 0.3 is 11.8 Å². The van der Waals surface area contributed by atoms with Gasteiger partial charge in [0, 0.05) is 38.2 Å². The molecule has 1 saturated heterocycles. The number of nitrogens with zero attached hydrogens (tertiary/aromatic N) is 1. The second-order valence-electron chi connectivity index (χ2n) is 7.83. The van der Waals surface area contributed by atoms with Crippen molar-refractivity contribution in [1.82, 2.24) is 10.6 Å². The van der Waals surface area contributed by atoms with E-state index >= 15 is 0 Å². The summed E-state index contributed by atoms with van der Waals surface area (Å²) in [7, 11) is 8.07. The minimum atomic E-state index is -0.547. The molecule has 0 aliphatic carbocycles. The van der Waals surface area contributed by atoms with Crippen LogP contribution in [-0.4, -0.2) is 72.7 Å². The Kier molecular flexibility index (Phi) is 8.06. The zero-order valence-corrected chi connectivity index (χ0v) is 17.1. The Balaban J connectivity index is 1.96. The molecule has 1 aliphatic rings. The van der Waals surface area contributed by atoms with Gasteiger partial charge in [0.25, 0.3) is 0 Å². The summed E-state index contributed by atoms with van der Waals surface area (Å²) >= 11 is 0. The minimum absolute atomic E-state index is 0.173. The van der Waals surface area contributed by atoms with Gasteiger partial charge in [-0.05, 0) is 12.1 Å². The third-order valence-corrected chi connectivity index (χ3v) is 5.13. The molecule has 7 nitrogen and oxygen atoms in total. The van der Waals surface area contributed by atoms with E-state index < -0.39 is 11.8 Å². The summed E-state index contributed by atoms with van der Waals surface area (Å²) in [5, 5.41) is 5.53. The summed E-state index contributed by atoms with van der Waals surface area (Å²) in [6.07, 6.45) is 2.42. The molecule has 4 N–H and O–H groups in total. The Morgan fingerprint density at radius 3 is 2.22 bits per heavy atom. The Morgan fingerprint density at radius 1 is 1.07 bits per heavy atom. The van der Waals surface area contributed by atoms with Gasteiger partial charge in [0.2, 0.25) is 0 Å². The fraction of sp³-hybridized carbons (Fsp3) is 0.600. The van der Waals surface area contributed by atoms with Gasteiger partial charge in [-0.25, -0.2) is 0 Å². The third kappa shape index (κ3) is 6.52. The second-order valence-corrected chi connectivity index (χ2v) is 7.83. The molecule has 0 aromatic heterocycles. The van der Waals surface area contributed by atoms with E-state index in [9.17, 15) is 9.59 Å². The maximum absolute atomic E-state index is 12.2. The van der Waals surface area contributed by atoms with Crippen molar-refractivity contribution >= 4 is 17.5 Å². The highest BCUT2D eigenvalue weighted by Crippen LogP contribution is 2.17. The molecule has 0 unspecified atom stereocenters. The fourth-order valence-corrected chi connectivity index (χ4v) is 3.46. The summed E-state index contributed by atoms with van der Waals surface area (Å²) in [5.41, 5.74) is 2.36. The average Bonchev–Trinajstić information content (AvgIpc) is 3.16. The maximum Gasteiger partial charge on any atom is 0.309 e. The van der Waals surface area contributed by atoms with Crippen molar-refractivity contribution in [2.45, 2.75) is 18.9 Å². The molecular weight excluding hydrogens is 342 g/mol. The zero-order chi connectivity index (χ0) is 19.8. The first kappa shape index (κ1) is 21.2. The Bertz CT molecular complexity index is 609. The number of carbonyl (C=O) groups excluding carboxylic acids is 2. The lowest BCUT2D eigenvalue weighted by Gasteiger charge is -2.25. The molecule has 0 bridgehead atoms. The molecule has 1 aromatic carbocycles. The van der Waals surface area contributed by atoms with Crippen LogP contribution >= 0.6 is 0 Å². The summed E-state index contributed by atoms with van der Waals surface area (Å²) in [6.45, 7) is 3.97. The van der Waals surface area contributed by atoms with Crippen molar-refractivity contribution in [2.24, 2.45) is 0 Å². The number of hydrogen-bond donors (Lipinski definition) is 4. The van der Waals surface area contributed by atoms with Crippen LogP contribution in [-0.2, 0) is 9.59 Å². The number of likely N-dealkylation sites (tertiary alicyclic amines) is 1. The van der Waals surface area contributed by atoms with E-state index in [0.717, 1.165) is 25.3 Å². The quantitative estimate of drug-likeness (QED) is 0.391. The number of carbonyl (C=O) groups is 2. The van der Waals surface area contributed by atoms with E-state index in [4.69, 9.17) is 0 Å². The first-order chi connectivity index (χ1) is 12.9. The smallest absolute Gasteiger partial charge is 0.309 e. The second kappa shape index (κ2) is 10.3. The lowest BCUT2D eigenvalue weighted by molar-refractivity contribution is -0.918. The maximum atomic E-state index is 12.2. The molecule has 1 aromatic rings. The van der Waals surface area contributed by atoms with Crippen LogP contribution in [0.5, 0.6) is 0 Å². The van der Waals surface area contributed by atoms with Crippen molar-refractivity contribution in [1.29, 1.82) is 0 Å². The van der Waals surface area contributed by atoms with Gasteiger partial charge in [-0.15, -0.1) is 0 Å². The summed E-state index contributed by atoms with van der Waals surface area (Å²) in [5.74, 6) is -1.09. The number of anilines is 1. The number of benzene rings is 1. The average molecular weight is 378 g/mol. The first-order valence-electron chi connectivity index (χ1n) is 9.85. The van der Waals surface area contributed by atoms with E-state index in [-0.39, 0.29) is 6.04 Å². The van der Waals surface area contributed by atoms with Gasteiger partial charge in [-0.2, -0.15) is 0 Å². The Morgan fingerprint density at radius 2 is 1.67 bits per heavy atom. The lowest BCUT2D eigenvalue weighted by atomic mass is 10.0. The van der Waals surface area contributed by atoms with Crippen LogP contribution in [0.2, 0.25) is 0 Å². The molecular formula is C20H35N5O2+2. The predicted octanol–water partition coefficient (Wildman–Crippen LogP) is -2.15. The number of rotatable bonds is 8. The Labute approximate surface area is 162 Å². The zero-order valence-electron chi connectivity index (χ0n) is 17.1. The standard InChI is InChI=1S/C20H33N5O2/c1-23(2)14-11-21-19(26)20(27)22-15-18(25-12-5-6-13-25)16-7-9-17(10-8-16)24(3)4/h7-10,18H,5-6,11-15H2,1-4H3,(H,21,26)(H,22,27)/p+2/t18-/m0/s1. The van der Waals surface area contributed by atoms with E-state index in [1.54, 1.807) is 0 Å². The molecule has 7 heteroatoms. The highest BCUT2D eigenvalue weighted by molar-refractivity contribution is 6.35. The molecule has 27 heavy (non-hydrogen) atoms. The summed E-state index contributed by atoms with van der Waals surface area (Å²) < 4.78 is 0. The number of amides is 2. The van der Waals surface area contributed by atoms with E-state index in [1.165, 1.54) is 28.2 Å². The molecule has 0 saturated carbocycles. The van der Waals surface area contributed by atoms with Crippen LogP contribution in [0.1, 0.15) is 24.4 Å².